The number of ether oxygens (including phenoxy) is 1. The molecule has 0 spiro atoms. The Balaban J connectivity index is 1.62. The van der Waals surface area contributed by atoms with E-state index in [9.17, 15) is 18.4 Å². The molecule has 208 valence electrons. The minimum Gasteiger partial charge on any atom is -0.444 e. The molecule has 37 heavy (non-hydrogen) atoms. The predicted octanol–water partition coefficient (Wildman–Crippen LogP) is 5.09. The van der Waals surface area contributed by atoms with Gasteiger partial charge < -0.3 is 20.3 Å². The van der Waals surface area contributed by atoms with Crippen LogP contribution in [0.3, 0.4) is 0 Å². The van der Waals surface area contributed by atoms with Gasteiger partial charge in [0.05, 0.1) is 6.54 Å². The highest BCUT2D eigenvalue weighted by molar-refractivity contribution is 5.86. The van der Waals surface area contributed by atoms with Crippen LogP contribution < -0.4 is 10.6 Å². The predicted molar refractivity (Wildman–Crippen MR) is 137 cm³/mol. The third-order valence-corrected chi connectivity index (χ3v) is 7.33. The quantitative estimate of drug-likeness (QED) is 0.471. The summed E-state index contributed by atoms with van der Waals surface area (Å²) in [5, 5.41) is 5.87. The van der Waals surface area contributed by atoms with Crippen molar-refractivity contribution in [3.63, 3.8) is 0 Å². The van der Waals surface area contributed by atoms with E-state index in [1.807, 2.05) is 6.07 Å². The molecular formula is C28H42F3N3O3. The summed E-state index contributed by atoms with van der Waals surface area (Å²) >= 11 is 0. The summed E-state index contributed by atoms with van der Waals surface area (Å²) in [4.78, 5) is 26.5. The van der Waals surface area contributed by atoms with Crippen molar-refractivity contribution in [2.75, 3.05) is 26.2 Å². The molecule has 1 aromatic rings. The Morgan fingerprint density at radius 3 is 2.54 bits per heavy atom. The molecule has 0 bridgehead atoms. The number of hydrogen-bond donors (Lipinski definition) is 2. The second-order valence-corrected chi connectivity index (χ2v) is 11.7. The number of nitrogens with one attached hydrogen (secondary N) is 2. The maximum atomic E-state index is 15.1. The lowest BCUT2D eigenvalue weighted by atomic mass is 9.83. The molecule has 2 amide bonds. The molecule has 0 radical (unpaired) electrons. The molecular weight excluding hydrogens is 483 g/mol. The molecule has 2 aliphatic heterocycles. The van der Waals surface area contributed by atoms with Crippen molar-refractivity contribution in [3.05, 3.63) is 35.1 Å². The summed E-state index contributed by atoms with van der Waals surface area (Å²) in [5.74, 6) is -2.74. The number of nitrogens with zero attached hydrogens (tertiary/aromatic N) is 1. The lowest BCUT2D eigenvalue weighted by Crippen LogP contribution is -2.50. The van der Waals surface area contributed by atoms with Gasteiger partial charge in [-0.25, -0.2) is 18.0 Å². The van der Waals surface area contributed by atoms with Gasteiger partial charge in [-0.3, -0.25) is 4.79 Å². The van der Waals surface area contributed by atoms with Gasteiger partial charge in [0.2, 0.25) is 5.91 Å². The first-order valence-corrected chi connectivity index (χ1v) is 13.5. The Morgan fingerprint density at radius 1 is 1.24 bits per heavy atom. The number of carbonyl (C=O) groups excluding carboxylic acids is 2. The number of halogens is 3. The van der Waals surface area contributed by atoms with E-state index in [0.29, 0.717) is 5.92 Å². The van der Waals surface area contributed by atoms with E-state index in [-0.39, 0.29) is 18.5 Å². The maximum absolute atomic E-state index is 15.1. The topological polar surface area (TPSA) is 70.7 Å². The number of likely N-dealkylation sites (tertiary alicyclic amines) is 1. The Labute approximate surface area is 218 Å². The largest absolute Gasteiger partial charge is 0.444 e. The lowest BCUT2D eigenvalue weighted by Gasteiger charge is -2.28. The normalized spacial score (nSPS) is 19.9. The molecule has 9 heteroatoms. The number of rotatable bonds is 9. The number of carbonyl (C=O) groups is 2. The summed E-state index contributed by atoms with van der Waals surface area (Å²) in [6.45, 7) is 8.65. The van der Waals surface area contributed by atoms with Crippen molar-refractivity contribution in [1.82, 2.24) is 15.5 Å². The first kappa shape index (κ1) is 29.3. The highest BCUT2D eigenvalue weighted by Gasteiger charge is 2.42. The van der Waals surface area contributed by atoms with Crippen LogP contribution in [0.25, 0.3) is 0 Å². The lowest BCUT2D eigenvalue weighted by molar-refractivity contribution is -0.133. The van der Waals surface area contributed by atoms with Gasteiger partial charge in [-0.2, -0.15) is 0 Å². The van der Waals surface area contributed by atoms with Gasteiger partial charge >= 0.3 is 6.09 Å². The zero-order valence-electron chi connectivity index (χ0n) is 22.5. The molecule has 0 aromatic heterocycles. The monoisotopic (exact) mass is 525 g/mol. The Kier molecular flexibility index (Phi) is 9.89. The van der Waals surface area contributed by atoms with Gasteiger partial charge in [-0.05, 0) is 88.6 Å². The highest BCUT2D eigenvalue weighted by atomic mass is 19.3. The number of alkyl halides is 2. The van der Waals surface area contributed by atoms with Gasteiger partial charge in [-0.15, -0.1) is 0 Å². The van der Waals surface area contributed by atoms with Gasteiger partial charge in [0.25, 0.3) is 5.92 Å². The molecule has 6 nitrogen and oxygen atoms in total. The van der Waals surface area contributed by atoms with Crippen molar-refractivity contribution < 1.29 is 27.5 Å². The van der Waals surface area contributed by atoms with Gasteiger partial charge in [0.1, 0.15) is 17.5 Å². The Bertz CT molecular complexity index is 929. The number of hydrogen-bond acceptors (Lipinski definition) is 4. The number of amides is 2. The molecule has 2 atom stereocenters. The fourth-order valence-corrected chi connectivity index (χ4v) is 5.20. The van der Waals surface area contributed by atoms with Crippen molar-refractivity contribution in [2.45, 2.75) is 90.2 Å². The first-order valence-electron chi connectivity index (χ1n) is 13.5. The van der Waals surface area contributed by atoms with E-state index in [4.69, 9.17) is 4.74 Å². The minimum absolute atomic E-state index is 0.116. The van der Waals surface area contributed by atoms with E-state index < -0.39 is 48.3 Å². The van der Waals surface area contributed by atoms with E-state index >= 15 is 4.39 Å². The van der Waals surface area contributed by atoms with E-state index in [0.717, 1.165) is 48.7 Å². The van der Waals surface area contributed by atoms with Crippen molar-refractivity contribution in [1.29, 1.82) is 0 Å². The summed E-state index contributed by atoms with van der Waals surface area (Å²) < 4.78 is 47.8. The first-order chi connectivity index (χ1) is 17.3. The molecule has 0 saturated carbocycles. The fourth-order valence-electron chi connectivity index (χ4n) is 5.20. The zero-order chi connectivity index (χ0) is 27.2. The molecule has 0 aliphatic carbocycles. The van der Waals surface area contributed by atoms with Crippen molar-refractivity contribution in [3.8, 4) is 0 Å². The van der Waals surface area contributed by atoms with E-state index in [2.05, 4.69) is 17.6 Å². The van der Waals surface area contributed by atoms with Crippen LogP contribution >= 0.6 is 0 Å². The third-order valence-electron chi connectivity index (χ3n) is 7.33. The second-order valence-electron chi connectivity index (χ2n) is 11.7. The smallest absolute Gasteiger partial charge is 0.408 e. The molecule has 2 N–H and O–H groups in total. The molecule has 2 fully saturated rings. The van der Waals surface area contributed by atoms with Gasteiger partial charge in [0.15, 0.2) is 0 Å². The second kappa shape index (κ2) is 12.5. The molecule has 3 rings (SSSR count). The fraction of sp³-hybridized carbons (Fsp3) is 0.714. The van der Waals surface area contributed by atoms with Crippen molar-refractivity contribution in [2.24, 2.45) is 11.8 Å². The van der Waals surface area contributed by atoms with Crippen LogP contribution in [-0.4, -0.2) is 60.6 Å². The van der Waals surface area contributed by atoms with Crippen LogP contribution in [0.1, 0.15) is 70.9 Å². The molecule has 1 aromatic carbocycles. The molecule has 2 heterocycles. The summed E-state index contributed by atoms with van der Waals surface area (Å²) in [6, 6.07) is 3.72. The van der Waals surface area contributed by atoms with Crippen LogP contribution in [0.15, 0.2) is 18.2 Å². The zero-order valence-corrected chi connectivity index (χ0v) is 22.5. The van der Waals surface area contributed by atoms with Gasteiger partial charge in [0, 0.05) is 19.4 Å². The van der Waals surface area contributed by atoms with Gasteiger partial charge in [-0.1, -0.05) is 25.5 Å². The minimum atomic E-state index is -2.97. The van der Waals surface area contributed by atoms with Crippen LogP contribution in [-0.2, 0) is 22.4 Å². The highest BCUT2D eigenvalue weighted by Crippen LogP contribution is 2.28. The van der Waals surface area contributed by atoms with Crippen LogP contribution in [0.2, 0.25) is 0 Å². The van der Waals surface area contributed by atoms with E-state index in [1.165, 1.54) is 18.9 Å². The number of alkyl carbamates (subject to hydrolysis) is 1. The van der Waals surface area contributed by atoms with E-state index in [1.54, 1.807) is 26.8 Å². The standard InChI is InChI=1S/C28H42F3N3O3/c1-19(21-10-13-32-14-11-21)6-5-7-20-8-9-22(23(29)16-20)17-24(33-26(36)37-27(2,3)4)25(35)34-15-12-28(30,31)18-34/h8-9,16,19,21,24,32H,5-7,10-15,17-18H2,1-4H3,(H,33,36)/t19-,24+/m1/s1. The summed E-state index contributed by atoms with van der Waals surface area (Å²) in [5.41, 5.74) is 0.310. The van der Waals surface area contributed by atoms with Crippen LogP contribution in [0, 0.1) is 17.7 Å². The Morgan fingerprint density at radius 2 is 1.95 bits per heavy atom. The summed E-state index contributed by atoms with van der Waals surface area (Å²) in [6.07, 6.45) is 3.79. The maximum Gasteiger partial charge on any atom is 0.408 e. The molecule has 2 saturated heterocycles. The number of piperidine rings is 1. The summed E-state index contributed by atoms with van der Waals surface area (Å²) in [7, 11) is 0. The third kappa shape index (κ3) is 9.20. The number of benzene rings is 1. The molecule has 0 unspecified atom stereocenters. The SMILES string of the molecule is C[C@H](CCCc1ccc(C[C@H](NC(=O)OC(C)(C)C)C(=O)N2CCC(F)(F)C2)c(F)c1)C1CCNCC1. The average molecular weight is 526 g/mol. The van der Waals surface area contributed by atoms with Crippen LogP contribution in [0.5, 0.6) is 0 Å². The van der Waals surface area contributed by atoms with Crippen molar-refractivity contribution >= 4 is 12.0 Å². The average Bonchev–Trinajstić information content (AvgIpc) is 3.18. The van der Waals surface area contributed by atoms with Crippen LogP contribution in [0.4, 0.5) is 18.0 Å². The Hall–Kier alpha value is -2.29. The number of aryl methyl sites for hydroxylation is 1. The molecule has 2 aliphatic rings.